The van der Waals surface area contributed by atoms with Crippen LogP contribution >= 0.6 is 22.9 Å². The Hall–Kier alpha value is -1.18. The number of nitrogens with one attached hydrogen (secondary N) is 1. The molecule has 1 aliphatic carbocycles. The number of carbonyl (C=O) groups is 2. The second kappa shape index (κ2) is 9.96. The van der Waals surface area contributed by atoms with Gasteiger partial charge in [-0.15, -0.1) is 22.9 Å². The Morgan fingerprint density at radius 3 is 2.75 bits per heavy atom. The van der Waals surface area contributed by atoms with Crippen molar-refractivity contribution >= 4 is 39.9 Å². The van der Waals surface area contributed by atoms with Crippen molar-refractivity contribution in [1.29, 1.82) is 0 Å². The standard InChI is InChI=1S/C16H25ClN4O2S/c17-11-14(22)21(8-6-18)13(10-12-4-2-1-3-5-12)15(23)20-16-19-7-9-24-16/h7,9,12-13H,1-6,8,10-11,18H2,(H,19,20,23). The summed E-state index contributed by atoms with van der Waals surface area (Å²) in [6.45, 7) is 0.628. The fourth-order valence-electron chi connectivity index (χ4n) is 3.26. The van der Waals surface area contributed by atoms with Gasteiger partial charge in [0.1, 0.15) is 11.9 Å². The molecule has 8 heteroatoms. The zero-order valence-corrected chi connectivity index (χ0v) is 15.3. The van der Waals surface area contributed by atoms with Crippen molar-refractivity contribution in [2.45, 2.75) is 44.6 Å². The summed E-state index contributed by atoms with van der Waals surface area (Å²) in [5, 5.41) is 5.16. The highest BCUT2D eigenvalue weighted by atomic mass is 35.5. The number of anilines is 1. The van der Waals surface area contributed by atoms with E-state index in [0.29, 0.717) is 30.6 Å². The molecule has 0 spiro atoms. The SMILES string of the molecule is NCCN(C(=O)CCl)C(CC1CCCCC1)C(=O)Nc1nccs1. The average molecular weight is 373 g/mol. The Morgan fingerprint density at radius 2 is 2.17 bits per heavy atom. The van der Waals surface area contributed by atoms with E-state index in [9.17, 15) is 9.59 Å². The minimum atomic E-state index is -0.549. The lowest BCUT2D eigenvalue weighted by Crippen LogP contribution is -2.50. The third kappa shape index (κ3) is 5.43. The molecular weight excluding hydrogens is 348 g/mol. The Kier molecular flexibility index (Phi) is 7.94. The predicted molar refractivity (Wildman–Crippen MR) is 97.2 cm³/mol. The Morgan fingerprint density at radius 1 is 1.42 bits per heavy atom. The maximum atomic E-state index is 12.8. The maximum Gasteiger partial charge on any atom is 0.248 e. The number of nitrogens with two attached hydrogens (primary N) is 1. The molecule has 1 unspecified atom stereocenters. The number of rotatable bonds is 8. The monoisotopic (exact) mass is 372 g/mol. The molecule has 1 fully saturated rings. The number of nitrogens with zero attached hydrogens (tertiary/aromatic N) is 2. The van der Waals surface area contributed by atoms with Gasteiger partial charge in [-0.25, -0.2) is 4.98 Å². The molecule has 24 heavy (non-hydrogen) atoms. The van der Waals surface area contributed by atoms with Crippen LogP contribution in [0.15, 0.2) is 11.6 Å². The van der Waals surface area contributed by atoms with Gasteiger partial charge < -0.3 is 16.0 Å². The molecule has 134 valence electrons. The molecule has 2 rings (SSSR count). The number of carbonyl (C=O) groups excluding carboxylic acids is 2. The summed E-state index contributed by atoms with van der Waals surface area (Å²) in [4.78, 5) is 30.7. The summed E-state index contributed by atoms with van der Waals surface area (Å²) in [7, 11) is 0. The van der Waals surface area contributed by atoms with Gasteiger partial charge in [0.15, 0.2) is 5.13 Å². The molecule has 1 atom stereocenters. The van der Waals surface area contributed by atoms with Crippen molar-refractivity contribution < 1.29 is 9.59 Å². The van der Waals surface area contributed by atoms with E-state index in [1.54, 1.807) is 11.6 Å². The van der Waals surface area contributed by atoms with Gasteiger partial charge in [0.2, 0.25) is 11.8 Å². The molecule has 3 N–H and O–H groups in total. The van der Waals surface area contributed by atoms with Gasteiger partial charge in [-0.3, -0.25) is 9.59 Å². The molecule has 0 radical (unpaired) electrons. The van der Waals surface area contributed by atoms with Crippen molar-refractivity contribution in [2.75, 3.05) is 24.3 Å². The van der Waals surface area contributed by atoms with E-state index in [0.717, 1.165) is 12.8 Å². The molecule has 1 aromatic heterocycles. The van der Waals surface area contributed by atoms with Crippen LogP contribution in [-0.2, 0) is 9.59 Å². The van der Waals surface area contributed by atoms with Gasteiger partial charge in [-0.05, 0) is 12.3 Å². The lowest BCUT2D eigenvalue weighted by atomic mass is 9.84. The largest absolute Gasteiger partial charge is 0.329 e. The van der Waals surface area contributed by atoms with Crippen LogP contribution in [-0.4, -0.2) is 46.7 Å². The fourth-order valence-corrected chi connectivity index (χ4v) is 3.94. The predicted octanol–water partition coefficient (Wildman–Crippen LogP) is 2.45. The molecule has 1 saturated carbocycles. The summed E-state index contributed by atoms with van der Waals surface area (Å²) < 4.78 is 0. The van der Waals surface area contributed by atoms with E-state index >= 15 is 0 Å². The number of hydrogen-bond acceptors (Lipinski definition) is 5. The van der Waals surface area contributed by atoms with Gasteiger partial charge in [0, 0.05) is 24.7 Å². The molecule has 0 bridgehead atoms. The average Bonchev–Trinajstić information content (AvgIpc) is 3.11. The molecule has 1 aromatic rings. The lowest BCUT2D eigenvalue weighted by Gasteiger charge is -2.33. The number of hydrogen-bond donors (Lipinski definition) is 2. The third-order valence-corrected chi connectivity index (χ3v) is 5.34. The maximum absolute atomic E-state index is 12.8. The van der Waals surface area contributed by atoms with Gasteiger partial charge >= 0.3 is 0 Å². The van der Waals surface area contributed by atoms with Gasteiger partial charge in [-0.1, -0.05) is 32.1 Å². The summed E-state index contributed by atoms with van der Waals surface area (Å²) in [6, 6.07) is -0.549. The summed E-state index contributed by atoms with van der Waals surface area (Å²) in [5.74, 6) is -0.153. The Balaban J connectivity index is 2.14. The first-order chi connectivity index (χ1) is 11.7. The van der Waals surface area contributed by atoms with Gasteiger partial charge in [0.25, 0.3) is 0 Å². The van der Waals surface area contributed by atoms with E-state index in [2.05, 4.69) is 10.3 Å². The van der Waals surface area contributed by atoms with Crippen LogP contribution in [0.1, 0.15) is 38.5 Å². The molecule has 6 nitrogen and oxygen atoms in total. The molecule has 0 aliphatic heterocycles. The first kappa shape index (κ1) is 19.1. The number of amides is 2. The van der Waals surface area contributed by atoms with Crippen LogP contribution in [0, 0.1) is 5.92 Å². The first-order valence-electron chi connectivity index (χ1n) is 8.41. The Bertz CT molecular complexity index is 520. The van der Waals surface area contributed by atoms with Crippen molar-refractivity contribution in [3.63, 3.8) is 0 Å². The normalized spacial score (nSPS) is 16.6. The molecule has 2 amide bonds. The zero-order valence-electron chi connectivity index (χ0n) is 13.7. The number of aromatic nitrogens is 1. The fraction of sp³-hybridized carbons (Fsp3) is 0.688. The third-order valence-electron chi connectivity index (χ3n) is 4.43. The van der Waals surface area contributed by atoms with Gasteiger partial charge in [-0.2, -0.15) is 0 Å². The number of thiazole rings is 1. The van der Waals surface area contributed by atoms with E-state index < -0.39 is 6.04 Å². The smallest absolute Gasteiger partial charge is 0.248 e. The second-order valence-corrected chi connectivity index (χ2v) is 7.25. The van der Waals surface area contributed by atoms with E-state index in [-0.39, 0.29) is 17.7 Å². The summed E-state index contributed by atoms with van der Waals surface area (Å²) in [5.41, 5.74) is 5.65. The minimum Gasteiger partial charge on any atom is -0.329 e. The highest BCUT2D eigenvalue weighted by Gasteiger charge is 2.32. The van der Waals surface area contributed by atoms with E-state index in [4.69, 9.17) is 17.3 Å². The molecule has 1 aliphatic rings. The Labute approximate surface area is 151 Å². The van der Waals surface area contributed by atoms with Crippen molar-refractivity contribution in [2.24, 2.45) is 11.7 Å². The first-order valence-corrected chi connectivity index (χ1v) is 9.83. The highest BCUT2D eigenvalue weighted by molar-refractivity contribution is 7.13. The molecular formula is C16H25ClN4O2S. The van der Waals surface area contributed by atoms with E-state index in [1.165, 1.54) is 35.5 Å². The second-order valence-electron chi connectivity index (χ2n) is 6.09. The van der Waals surface area contributed by atoms with Crippen LogP contribution in [0.5, 0.6) is 0 Å². The van der Waals surface area contributed by atoms with Crippen LogP contribution in [0.4, 0.5) is 5.13 Å². The number of halogens is 1. The van der Waals surface area contributed by atoms with Crippen molar-refractivity contribution in [3.05, 3.63) is 11.6 Å². The van der Waals surface area contributed by atoms with Crippen LogP contribution < -0.4 is 11.1 Å². The molecule has 0 saturated heterocycles. The van der Waals surface area contributed by atoms with Crippen molar-refractivity contribution in [1.82, 2.24) is 9.88 Å². The quantitative estimate of drug-likeness (QED) is 0.686. The minimum absolute atomic E-state index is 0.147. The van der Waals surface area contributed by atoms with Crippen LogP contribution in [0.25, 0.3) is 0 Å². The van der Waals surface area contributed by atoms with Crippen molar-refractivity contribution in [3.8, 4) is 0 Å². The summed E-state index contributed by atoms with van der Waals surface area (Å²) >= 11 is 7.10. The van der Waals surface area contributed by atoms with Crippen LogP contribution in [0.3, 0.4) is 0 Å². The van der Waals surface area contributed by atoms with Gasteiger partial charge in [0.05, 0.1) is 0 Å². The van der Waals surface area contributed by atoms with Crippen LogP contribution in [0.2, 0.25) is 0 Å². The molecule has 0 aromatic carbocycles. The summed E-state index contributed by atoms with van der Waals surface area (Å²) in [6.07, 6.45) is 8.12. The van der Waals surface area contributed by atoms with E-state index in [1.807, 2.05) is 0 Å². The lowest BCUT2D eigenvalue weighted by molar-refractivity contribution is -0.137. The number of alkyl halides is 1. The molecule has 1 heterocycles. The zero-order chi connectivity index (χ0) is 17.4. The topological polar surface area (TPSA) is 88.3 Å². The highest BCUT2D eigenvalue weighted by Crippen LogP contribution is 2.29.